The maximum Gasteiger partial charge on any atom is 0.305 e. The van der Waals surface area contributed by atoms with Crippen LogP contribution in [-0.2, 0) is 14.3 Å². The minimum Gasteiger partial charge on any atom is -0.481 e. The van der Waals surface area contributed by atoms with E-state index in [1.165, 1.54) is 0 Å². The van der Waals surface area contributed by atoms with Crippen molar-refractivity contribution >= 4 is 27.6 Å². The maximum absolute atomic E-state index is 10.4. The molecule has 0 aliphatic rings. The molecule has 5 nitrogen and oxygen atoms in total. The Morgan fingerprint density at radius 1 is 1.36 bits per heavy atom. The van der Waals surface area contributed by atoms with E-state index in [-0.39, 0.29) is 23.9 Å². The van der Waals surface area contributed by atoms with Crippen LogP contribution in [0.15, 0.2) is 29.4 Å². The Hall–Kier alpha value is -0.760. The van der Waals surface area contributed by atoms with Gasteiger partial charge in [-0.25, -0.2) is 4.98 Å². The molecule has 1 aromatic heterocycles. The number of rotatable bonds is 14. The Bertz CT molecular complexity index is 489. The Balaban J connectivity index is 2.19. The lowest BCUT2D eigenvalue weighted by atomic mass is 10.0. The highest BCUT2D eigenvalue weighted by Crippen LogP contribution is 2.43. The molecule has 0 spiro atoms. The summed E-state index contributed by atoms with van der Waals surface area (Å²) in [4.78, 5) is 14.7. The summed E-state index contributed by atoms with van der Waals surface area (Å²) < 4.78 is 11.3. The SMILES string of the molecule is CCC(C)(CCOC(C)CCOCCC(=O)O)SSc1ccccn1. The van der Waals surface area contributed by atoms with Crippen molar-refractivity contribution in [2.45, 2.75) is 62.3 Å². The van der Waals surface area contributed by atoms with Gasteiger partial charge in [0.1, 0.15) is 5.03 Å². The molecule has 0 amide bonds. The van der Waals surface area contributed by atoms with Crippen LogP contribution >= 0.6 is 21.6 Å². The van der Waals surface area contributed by atoms with Gasteiger partial charge in [0.05, 0.1) is 19.1 Å². The van der Waals surface area contributed by atoms with E-state index in [1.807, 2.05) is 42.1 Å². The first-order valence-electron chi connectivity index (χ1n) is 8.63. The predicted octanol–water partition coefficient (Wildman–Crippen LogP) is 4.67. The topological polar surface area (TPSA) is 68.7 Å². The van der Waals surface area contributed by atoms with Crippen molar-refractivity contribution in [1.29, 1.82) is 0 Å². The van der Waals surface area contributed by atoms with Gasteiger partial charge in [-0.05, 0) is 56.0 Å². The first-order chi connectivity index (χ1) is 11.9. The van der Waals surface area contributed by atoms with Gasteiger partial charge >= 0.3 is 5.97 Å². The molecule has 0 saturated heterocycles. The average Bonchev–Trinajstić information content (AvgIpc) is 2.60. The van der Waals surface area contributed by atoms with Crippen LogP contribution in [0.2, 0.25) is 0 Å². The minimum atomic E-state index is -0.829. The fourth-order valence-corrected chi connectivity index (χ4v) is 4.46. The van der Waals surface area contributed by atoms with Crippen LogP contribution in [-0.4, -0.2) is 46.7 Å². The summed E-state index contributed by atoms with van der Waals surface area (Å²) in [5.74, 6) is -0.829. The number of ether oxygens (including phenoxy) is 2. The molecule has 0 aliphatic carbocycles. The van der Waals surface area contributed by atoms with E-state index in [0.29, 0.717) is 13.2 Å². The van der Waals surface area contributed by atoms with Crippen molar-refractivity contribution in [2.75, 3.05) is 19.8 Å². The van der Waals surface area contributed by atoms with Crippen LogP contribution in [0.3, 0.4) is 0 Å². The Morgan fingerprint density at radius 3 is 2.80 bits per heavy atom. The summed E-state index contributed by atoms with van der Waals surface area (Å²) in [6.45, 7) is 7.99. The van der Waals surface area contributed by atoms with E-state index in [9.17, 15) is 4.79 Å². The summed E-state index contributed by atoms with van der Waals surface area (Å²) in [7, 11) is 3.56. The lowest BCUT2D eigenvalue weighted by Gasteiger charge is -2.27. The molecule has 1 N–H and O–H groups in total. The second-order valence-corrected chi connectivity index (χ2v) is 8.85. The predicted molar refractivity (Wildman–Crippen MR) is 104 cm³/mol. The highest BCUT2D eigenvalue weighted by Gasteiger charge is 2.24. The zero-order valence-corrected chi connectivity index (χ0v) is 16.9. The molecule has 0 aromatic carbocycles. The van der Waals surface area contributed by atoms with Crippen LogP contribution < -0.4 is 0 Å². The molecule has 0 radical (unpaired) electrons. The fourth-order valence-electron chi connectivity index (χ4n) is 1.89. The molecule has 1 heterocycles. The third kappa shape index (κ3) is 10.7. The maximum atomic E-state index is 10.4. The van der Waals surface area contributed by atoms with Crippen molar-refractivity contribution in [1.82, 2.24) is 4.98 Å². The second kappa shape index (κ2) is 12.6. The molecular weight excluding hydrogens is 358 g/mol. The quantitative estimate of drug-likeness (QED) is 0.367. The number of carbonyl (C=O) groups is 1. The van der Waals surface area contributed by atoms with Crippen LogP contribution in [0.5, 0.6) is 0 Å². The van der Waals surface area contributed by atoms with Gasteiger partial charge in [0, 0.05) is 24.2 Å². The van der Waals surface area contributed by atoms with Gasteiger partial charge in [0.25, 0.3) is 0 Å². The van der Waals surface area contributed by atoms with Gasteiger partial charge in [-0.1, -0.05) is 23.8 Å². The number of hydrogen-bond acceptors (Lipinski definition) is 6. The van der Waals surface area contributed by atoms with Crippen molar-refractivity contribution in [2.24, 2.45) is 0 Å². The molecule has 2 unspecified atom stereocenters. The highest BCUT2D eigenvalue weighted by atomic mass is 33.1. The van der Waals surface area contributed by atoms with Crippen molar-refractivity contribution < 1.29 is 19.4 Å². The smallest absolute Gasteiger partial charge is 0.305 e. The summed E-state index contributed by atoms with van der Waals surface area (Å²) in [5, 5.41) is 9.57. The zero-order valence-electron chi connectivity index (χ0n) is 15.3. The fraction of sp³-hybridized carbons (Fsp3) is 0.667. The molecule has 0 fully saturated rings. The number of hydrogen-bond donors (Lipinski definition) is 1. The molecule has 2 atom stereocenters. The minimum absolute atomic E-state index is 0.0508. The first kappa shape index (κ1) is 22.3. The summed E-state index contributed by atoms with van der Waals surface area (Å²) in [5.41, 5.74) is 0. The number of nitrogens with zero attached hydrogens (tertiary/aromatic N) is 1. The van der Waals surface area contributed by atoms with Crippen molar-refractivity contribution in [3.05, 3.63) is 24.4 Å². The molecule has 142 valence electrons. The average molecular weight is 388 g/mol. The molecular formula is C18H29NO4S2. The lowest BCUT2D eigenvalue weighted by molar-refractivity contribution is -0.138. The molecule has 0 aliphatic heterocycles. The van der Waals surface area contributed by atoms with Crippen LogP contribution in [0.4, 0.5) is 0 Å². The van der Waals surface area contributed by atoms with E-state index in [0.717, 1.165) is 24.3 Å². The summed E-state index contributed by atoms with van der Waals surface area (Å²) in [6, 6.07) is 5.95. The van der Waals surface area contributed by atoms with Crippen molar-refractivity contribution in [3.8, 4) is 0 Å². The first-order valence-corrected chi connectivity index (χ1v) is 10.8. The molecule has 0 saturated carbocycles. The van der Waals surface area contributed by atoms with Crippen molar-refractivity contribution in [3.63, 3.8) is 0 Å². The van der Waals surface area contributed by atoms with E-state index in [4.69, 9.17) is 14.6 Å². The molecule has 1 rings (SSSR count). The molecule has 25 heavy (non-hydrogen) atoms. The summed E-state index contributed by atoms with van der Waals surface area (Å²) >= 11 is 0. The van der Waals surface area contributed by atoms with Crippen LogP contribution in [0.1, 0.15) is 46.5 Å². The number of carboxylic acid groups (broad SMARTS) is 1. The number of carboxylic acids is 1. The number of aromatic nitrogens is 1. The largest absolute Gasteiger partial charge is 0.481 e. The Morgan fingerprint density at radius 2 is 2.16 bits per heavy atom. The lowest BCUT2D eigenvalue weighted by Crippen LogP contribution is -2.22. The molecule has 0 bridgehead atoms. The second-order valence-electron chi connectivity index (χ2n) is 6.11. The van der Waals surface area contributed by atoms with E-state index >= 15 is 0 Å². The van der Waals surface area contributed by atoms with Crippen LogP contribution in [0.25, 0.3) is 0 Å². The van der Waals surface area contributed by atoms with Gasteiger partial charge in [-0.2, -0.15) is 0 Å². The van der Waals surface area contributed by atoms with E-state index in [1.54, 1.807) is 10.8 Å². The van der Waals surface area contributed by atoms with E-state index in [2.05, 4.69) is 18.8 Å². The van der Waals surface area contributed by atoms with Gasteiger partial charge in [-0.15, -0.1) is 0 Å². The Labute approximate surface area is 158 Å². The van der Waals surface area contributed by atoms with Gasteiger partial charge in [0.15, 0.2) is 0 Å². The monoisotopic (exact) mass is 387 g/mol. The molecule has 1 aromatic rings. The normalized spacial score (nSPS) is 14.8. The third-order valence-corrected chi connectivity index (χ3v) is 7.24. The van der Waals surface area contributed by atoms with Gasteiger partial charge in [-0.3, -0.25) is 4.79 Å². The summed E-state index contributed by atoms with van der Waals surface area (Å²) in [6.07, 6.45) is 4.79. The van der Waals surface area contributed by atoms with Crippen LogP contribution in [0, 0.1) is 0 Å². The van der Waals surface area contributed by atoms with Gasteiger partial charge in [0.2, 0.25) is 0 Å². The highest BCUT2D eigenvalue weighted by molar-refractivity contribution is 8.77. The standard InChI is InChI=1S/C18H29NO4S2/c1-4-18(3,25-24-16-7-5-6-11-19-16)10-14-23-15(2)8-12-22-13-9-17(20)21/h5-7,11,15H,4,8-10,12-14H2,1-3H3,(H,20,21). The zero-order chi connectivity index (χ0) is 18.5. The van der Waals surface area contributed by atoms with Gasteiger partial charge < -0.3 is 14.6 Å². The molecule has 7 heteroatoms. The third-order valence-electron chi connectivity index (χ3n) is 3.88. The van der Waals surface area contributed by atoms with E-state index < -0.39 is 5.97 Å². The Kier molecular flexibility index (Phi) is 11.2. The number of aliphatic carboxylic acids is 1. The number of pyridine rings is 1.